The maximum atomic E-state index is 12.5. The molecule has 6 amide bonds. The van der Waals surface area contributed by atoms with Crippen LogP contribution in [0.3, 0.4) is 0 Å². The number of rotatable bonds is 10. The minimum atomic E-state index is -0.927. The first-order valence-electron chi connectivity index (χ1n) is 10.2. The zero-order chi connectivity index (χ0) is 23.2. The molecule has 0 aliphatic carbocycles. The van der Waals surface area contributed by atoms with Crippen LogP contribution < -0.4 is 16.4 Å². The van der Waals surface area contributed by atoms with Crippen molar-refractivity contribution in [2.75, 3.05) is 25.0 Å². The number of imide groups is 1. The number of hydrogen-bond donors (Lipinski definition) is 3. The minimum Gasteiger partial charge on any atom is -0.366 e. The van der Waals surface area contributed by atoms with Gasteiger partial charge in [0.1, 0.15) is 5.54 Å². The first kappa shape index (κ1) is 23.8. The highest BCUT2D eigenvalue weighted by molar-refractivity contribution is 6.06. The predicted molar refractivity (Wildman–Crippen MR) is 114 cm³/mol. The number of nitrogens with two attached hydrogens (primary N) is 1. The van der Waals surface area contributed by atoms with Gasteiger partial charge in [-0.25, -0.2) is 4.79 Å². The third kappa shape index (κ3) is 6.27. The lowest BCUT2D eigenvalue weighted by atomic mass is 10.1. The molecule has 0 unspecified atom stereocenters. The van der Waals surface area contributed by atoms with Crippen molar-refractivity contribution >= 4 is 35.3 Å². The van der Waals surface area contributed by atoms with Crippen LogP contribution >= 0.6 is 0 Å². The monoisotopic (exact) mass is 431 g/mol. The molecule has 1 saturated heterocycles. The van der Waals surface area contributed by atoms with Crippen LogP contribution in [0.1, 0.15) is 50.4 Å². The highest BCUT2D eigenvalue weighted by Gasteiger charge is 2.43. The topological polar surface area (TPSA) is 142 Å². The van der Waals surface area contributed by atoms with E-state index in [0.29, 0.717) is 24.2 Å². The second-order valence-corrected chi connectivity index (χ2v) is 7.83. The Morgan fingerprint density at radius 1 is 1.13 bits per heavy atom. The largest absolute Gasteiger partial charge is 0.366 e. The normalized spacial score (nSPS) is 14.9. The first-order chi connectivity index (χ1) is 14.5. The molecule has 1 aromatic carbocycles. The summed E-state index contributed by atoms with van der Waals surface area (Å²) in [5.74, 6) is -1.27. The number of anilines is 1. The molecule has 1 aromatic rings. The molecule has 2 rings (SSSR count). The van der Waals surface area contributed by atoms with Crippen molar-refractivity contribution < 1.29 is 24.0 Å². The summed E-state index contributed by atoms with van der Waals surface area (Å²) in [6.07, 6.45) is 0.628. The molecule has 0 spiro atoms. The number of nitrogens with zero attached hydrogens (tertiary/aromatic N) is 2. The highest BCUT2D eigenvalue weighted by Crippen LogP contribution is 2.17. The van der Waals surface area contributed by atoms with E-state index in [2.05, 4.69) is 10.6 Å². The van der Waals surface area contributed by atoms with Gasteiger partial charge in [-0.2, -0.15) is 0 Å². The minimum absolute atomic E-state index is 0.109. The van der Waals surface area contributed by atoms with Gasteiger partial charge in [0.05, 0.1) is 0 Å². The second-order valence-electron chi connectivity index (χ2n) is 7.83. The summed E-state index contributed by atoms with van der Waals surface area (Å²) in [6.45, 7) is 5.94. The predicted octanol–water partition coefficient (Wildman–Crippen LogP) is 1.07. The van der Waals surface area contributed by atoms with Crippen molar-refractivity contribution in [3.8, 4) is 0 Å². The number of nitrogens with one attached hydrogen (secondary N) is 2. The van der Waals surface area contributed by atoms with Crippen molar-refractivity contribution in [2.45, 2.75) is 45.6 Å². The summed E-state index contributed by atoms with van der Waals surface area (Å²) >= 11 is 0. The molecule has 168 valence electrons. The van der Waals surface area contributed by atoms with Crippen molar-refractivity contribution in [3.05, 3.63) is 29.8 Å². The fourth-order valence-corrected chi connectivity index (χ4v) is 3.20. The Kier molecular flexibility index (Phi) is 7.73. The van der Waals surface area contributed by atoms with E-state index in [4.69, 9.17) is 5.73 Å². The van der Waals surface area contributed by atoms with Crippen LogP contribution in [-0.2, 0) is 14.4 Å². The number of primary amides is 1. The fraction of sp³-hybridized carbons (Fsp3) is 0.476. The van der Waals surface area contributed by atoms with E-state index in [1.165, 1.54) is 12.1 Å². The summed E-state index contributed by atoms with van der Waals surface area (Å²) in [5, 5.41) is 5.31. The van der Waals surface area contributed by atoms with E-state index >= 15 is 0 Å². The summed E-state index contributed by atoms with van der Waals surface area (Å²) in [4.78, 5) is 62.4. The molecule has 1 aliphatic heterocycles. The summed E-state index contributed by atoms with van der Waals surface area (Å²) < 4.78 is 0. The van der Waals surface area contributed by atoms with E-state index in [1.807, 2.05) is 6.92 Å². The summed E-state index contributed by atoms with van der Waals surface area (Å²) in [5.41, 5.74) is 5.13. The van der Waals surface area contributed by atoms with Gasteiger partial charge in [0.25, 0.3) is 5.91 Å². The van der Waals surface area contributed by atoms with Crippen LogP contribution in [0.15, 0.2) is 24.3 Å². The lowest BCUT2D eigenvalue weighted by Gasteiger charge is -2.21. The van der Waals surface area contributed by atoms with Gasteiger partial charge in [0.2, 0.25) is 17.7 Å². The number of benzene rings is 1. The SMILES string of the molecule is CCN(CCC(=O)Nc1ccc(C(N)=O)cc1)C(=O)CCCN1C(=O)NC(C)(C)C1=O. The Bertz CT molecular complexity index is 865. The zero-order valence-corrected chi connectivity index (χ0v) is 18.1. The number of amides is 6. The third-order valence-electron chi connectivity index (χ3n) is 5.01. The van der Waals surface area contributed by atoms with Crippen LogP contribution in [0.5, 0.6) is 0 Å². The van der Waals surface area contributed by atoms with E-state index in [-0.39, 0.29) is 43.7 Å². The Morgan fingerprint density at radius 3 is 2.29 bits per heavy atom. The lowest BCUT2D eigenvalue weighted by Crippen LogP contribution is -2.40. The van der Waals surface area contributed by atoms with Gasteiger partial charge in [0, 0.05) is 43.7 Å². The Labute approximate surface area is 181 Å². The molecule has 10 nitrogen and oxygen atoms in total. The molecule has 0 atom stereocenters. The Morgan fingerprint density at radius 2 is 1.77 bits per heavy atom. The second kappa shape index (κ2) is 10.1. The smallest absolute Gasteiger partial charge is 0.325 e. The quantitative estimate of drug-likeness (QED) is 0.475. The summed E-state index contributed by atoms with van der Waals surface area (Å²) in [7, 11) is 0. The maximum absolute atomic E-state index is 12.5. The molecule has 0 saturated carbocycles. The number of urea groups is 1. The van der Waals surface area contributed by atoms with Gasteiger partial charge in [-0.15, -0.1) is 0 Å². The lowest BCUT2D eigenvalue weighted by molar-refractivity contribution is -0.133. The van der Waals surface area contributed by atoms with Crippen molar-refractivity contribution in [3.63, 3.8) is 0 Å². The Hall–Kier alpha value is -3.43. The first-order valence-corrected chi connectivity index (χ1v) is 10.2. The number of carbonyl (C=O) groups excluding carboxylic acids is 5. The average molecular weight is 431 g/mol. The molecule has 0 aromatic heterocycles. The molecule has 0 bridgehead atoms. The van der Waals surface area contributed by atoms with Gasteiger partial charge in [-0.05, 0) is 51.5 Å². The van der Waals surface area contributed by atoms with Gasteiger partial charge in [-0.3, -0.25) is 24.1 Å². The van der Waals surface area contributed by atoms with Crippen molar-refractivity contribution in [2.24, 2.45) is 5.73 Å². The standard InChI is InChI=1S/C21H29N5O5/c1-4-25(13-11-16(27)23-15-9-7-14(8-10-15)18(22)29)17(28)6-5-12-26-19(30)21(2,3)24-20(26)31/h7-10H,4-6,11-13H2,1-3H3,(H2,22,29)(H,23,27)(H,24,31). The molecule has 4 N–H and O–H groups in total. The van der Waals surface area contributed by atoms with Crippen LogP contribution in [0.25, 0.3) is 0 Å². The van der Waals surface area contributed by atoms with Gasteiger partial charge < -0.3 is 21.3 Å². The van der Waals surface area contributed by atoms with E-state index in [1.54, 1.807) is 30.9 Å². The van der Waals surface area contributed by atoms with Crippen LogP contribution in [-0.4, -0.2) is 64.6 Å². The molecular weight excluding hydrogens is 402 g/mol. The van der Waals surface area contributed by atoms with E-state index in [0.717, 1.165) is 4.90 Å². The zero-order valence-electron chi connectivity index (χ0n) is 18.1. The van der Waals surface area contributed by atoms with Crippen LogP contribution in [0.2, 0.25) is 0 Å². The molecule has 0 radical (unpaired) electrons. The maximum Gasteiger partial charge on any atom is 0.325 e. The van der Waals surface area contributed by atoms with Gasteiger partial charge in [0.15, 0.2) is 0 Å². The molecular formula is C21H29N5O5. The van der Waals surface area contributed by atoms with Crippen molar-refractivity contribution in [1.29, 1.82) is 0 Å². The molecule has 1 fully saturated rings. The van der Waals surface area contributed by atoms with Crippen molar-refractivity contribution in [1.82, 2.24) is 15.1 Å². The molecule has 1 heterocycles. The van der Waals surface area contributed by atoms with E-state index in [9.17, 15) is 24.0 Å². The van der Waals surface area contributed by atoms with Gasteiger partial charge >= 0.3 is 6.03 Å². The average Bonchev–Trinajstić information content (AvgIpc) is 2.90. The summed E-state index contributed by atoms with van der Waals surface area (Å²) in [6, 6.07) is 5.75. The number of carbonyl (C=O) groups is 5. The highest BCUT2D eigenvalue weighted by atomic mass is 16.2. The molecule has 10 heteroatoms. The Balaban J connectivity index is 1.77. The molecule has 1 aliphatic rings. The fourth-order valence-electron chi connectivity index (χ4n) is 3.20. The van der Waals surface area contributed by atoms with Crippen LogP contribution in [0, 0.1) is 0 Å². The third-order valence-corrected chi connectivity index (χ3v) is 5.01. The van der Waals surface area contributed by atoms with Gasteiger partial charge in [-0.1, -0.05) is 0 Å². The van der Waals surface area contributed by atoms with E-state index < -0.39 is 17.5 Å². The van der Waals surface area contributed by atoms with Crippen LogP contribution in [0.4, 0.5) is 10.5 Å². The molecule has 31 heavy (non-hydrogen) atoms. The number of hydrogen-bond acceptors (Lipinski definition) is 5.